The van der Waals surface area contributed by atoms with Crippen LogP contribution in [-0.2, 0) is 4.74 Å². The Labute approximate surface area is 200 Å². The van der Waals surface area contributed by atoms with Crippen LogP contribution in [0.25, 0.3) is 21.2 Å². The number of anilines is 1. The van der Waals surface area contributed by atoms with Gasteiger partial charge in [0.15, 0.2) is 5.82 Å². The Morgan fingerprint density at radius 2 is 1.73 bits per heavy atom. The molecule has 174 valence electrons. The number of carbonyl (C=O) groups is 2. The van der Waals surface area contributed by atoms with E-state index in [4.69, 9.17) is 16.3 Å². The van der Waals surface area contributed by atoms with E-state index in [0.717, 1.165) is 22.6 Å². The summed E-state index contributed by atoms with van der Waals surface area (Å²) in [5.74, 6) is -1.70. The number of piperazine rings is 1. The molecular formula is C24H24ClFN2O4S. The molecule has 0 spiro atoms. The van der Waals surface area contributed by atoms with Crippen LogP contribution in [0.15, 0.2) is 36.4 Å². The molecule has 0 saturated carbocycles. The van der Waals surface area contributed by atoms with Gasteiger partial charge in [0.25, 0.3) is 0 Å². The average molecular weight is 491 g/mol. The van der Waals surface area contributed by atoms with Crippen LogP contribution in [0.4, 0.5) is 14.9 Å². The van der Waals surface area contributed by atoms with Gasteiger partial charge < -0.3 is 19.6 Å². The number of nitrogens with zero attached hydrogens (tertiary/aromatic N) is 2. The van der Waals surface area contributed by atoms with Crippen LogP contribution in [0.2, 0.25) is 5.02 Å². The average Bonchev–Trinajstić information content (AvgIpc) is 3.22. The van der Waals surface area contributed by atoms with Gasteiger partial charge in [-0.05, 0) is 56.2 Å². The lowest BCUT2D eigenvalue weighted by Gasteiger charge is -2.36. The first-order chi connectivity index (χ1) is 15.5. The number of halogens is 2. The number of hydrogen-bond donors (Lipinski definition) is 1. The fourth-order valence-electron chi connectivity index (χ4n) is 3.80. The second-order valence-electron chi connectivity index (χ2n) is 8.88. The van der Waals surface area contributed by atoms with E-state index in [0.29, 0.717) is 37.1 Å². The summed E-state index contributed by atoms with van der Waals surface area (Å²) in [5.41, 5.74) is 1.98. The Kier molecular flexibility index (Phi) is 6.24. The second-order valence-corrected chi connectivity index (χ2v) is 10.3. The Morgan fingerprint density at radius 3 is 2.30 bits per heavy atom. The number of carboxylic acids is 1. The monoisotopic (exact) mass is 490 g/mol. The molecule has 9 heteroatoms. The van der Waals surface area contributed by atoms with Gasteiger partial charge in [-0.15, -0.1) is 11.3 Å². The molecule has 6 nitrogen and oxygen atoms in total. The molecule has 1 aliphatic heterocycles. The Balaban J connectivity index is 1.53. The highest BCUT2D eigenvalue weighted by Crippen LogP contribution is 2.39. The van der Waals surface area contributed by atoms with E-state index in [1.54, 1.807) is 4.90 Å². The van der Waals surface area contributed by atoms with Crippen LogP contribution in [0.5, 0.6) is 0 Å². The summed E-state index contributed by atoms with van der Waals surface area (Å²) < 4.78 is 20.2. The van der Waals surface area contributed by atoms with Gasteiger partial charge in [-0.3, -0.25) is 0 Å². The van der Waals surface area contributed by atoms with Crippen molar-refractivity contribution < 1.29 is 23.8 Å². The summed E-state index contributed by atoms with van der Waals surface area (Å²) in [5, 5.41) is 9.80. The molecule has 0 unspecified atom stereocenters. The second kappa shape index (κ2) is 8.83. The number of amides is 1. The quantitative estimate of drug-likeness (QED) is 0.479. The largest absolute Gasteiger partial charge is 0.477 e. The number of fused-ring (bicyclic) bond motifs is 1. The molecule has 2 aromatic carbocycles. The van der Waals surface area contributed by atoms with Crippen LogP contribution in [0.1, 0.15) is 30.4 Å². The Bertz CT molecular complexity index is 1210. The zero-order valence-electron chi connectivity index (χ0n) is 18.5. The minimum atomic E-state index is -1.10. The molecule has 0 atom stereocenters. The highest BCUT2D eigenvalue weighted by Gasteiger charge is 2.26. The number of carbonyl (C=O) groups excluding carboxylic acids is 1. The number of thiophene rings is 1. The van der Waals surface area contributed by atoms with Crippen molar-refractivity contribution in [3.8, 4) is 11.1 Å². The number of benzene rings is 2. The lowest BCUT2D eigenvalue weighted by atomic mass is 10.0. The maximum absolute atomic E-state index is 14.5. The van der Waals surface area contributed by atoms with Gasteiger partial charge in [-0.25, -0.2) is 14.0 Å². The van der Waals surface area contributed by atoms with Crippen LogP contribution in [-0.4, -0.2) is 53.8 Å². The van der Waals surface area contributed by atoms with E-state index >= 15 is 0 Å². The predicted octanol–water partition coefficient (Wildman–Crippen LogP) is 6.12. The molecule has 1 aromatic heterocycles. The molecule has 3 aromatic rings. The highest BCUT2D eigenvalue weighted by molar-refractivity contribution is 7.20. The molecule has 1 N–H and O–H groups in total. The zero-order valence-corrected chi connectivity index (χ0v) is 20.1. The van der Waals surface area contributed by atoms with Crippen LogP contribution in [0.3, 0.4) is 0 Å². The number of rotatable bonds is 3. The first kappa shape index (κ1) is 23.3. The van der Waals surface area contributed by atoms with E-state index in [9.17, 15) is 19.1 Å². The lowest BCUT2D eigenvalue weighted by molar-refractivity contribution is 0.0240. The van der Waals surface area contributed by atoms with Crippen molar-refractivity contribution in [3.63, 3.8) is 0 Å². The fraction of sp³-hybridized carbons (Fsp3) is 0.333. The SMILES string of the molecule is CC(C)(C)OC(=O)N1CCN(c2ccc(-c3cc(Cl)c(F)c4sc(C(=O)O)cc34)cc2)CC1. The highest BCUT2D eigenvalue weighted by atomic mass is 35.5. The third-order valence-electron chi connectivity index (χ3n) is 5.39. The first-order valence-electron chi connectivity index (χ1n) is 10.5. The van der Waals surface area contributed by atoms with E-state index in [-0.39, 0.29) is 20.7 Å². The minimum Gasteiger partial charge on any atom is -0.477 e. The van der Waals surface area contributed by atoms with Crippen molar-refractivity contribution in [2.75, 3.05) is 31.1 Å². The van der Waals surface area contributed by atoms with Gasteiger partial charge in [0.1, 0.15) is 10.5 Å². The maximum atomic E-state index is 14.5. The molecule has 0 aliphatic carbocycles. The lowest BCUT2D eigenvalue weighted by Crippen LogP contribution is -2.50. The Morgan fingerprint density at radius 1 is 1.09 bits per heavy atom. The van der Waals surface area contributed by atoms with E-state index in [1.807, 2.05) is 45.0 Å². The first-order valence-corrected chi connectivity index (χ1v) is 11.7. The Hall–Kier alpha value is -2.84. The van der Waals surface area contributed by atoms with E-state index in [1.165, 1.54) is 12.1 Å². The molecule has 1 aliphatic rings. The van der Waals surface area contributed by atoms with Crippen molar-refractivity contribution in [3.05, 3.63) is 52.1 Å². The third-order valence-corrected chi connectivity index (χ3v) is 6.78. The normalized spacial score (nSPS) is 14.6. The van der Waals surface area contributed by atoms with Crippen LogP contribution in [0, 0.1) is 5.82 Å². The molecule has 1 saturated heterocycles. The van der Waals surface area contributed by atoms with E-state index < -0.39 is 17.4 Å². The van der Waals surface area contributed by atoms with Crippen molar-refractivity contribution in [2.45, 2.75) is 26.4 Å². The fourth-order valence-corrected chi connectivity index (χ4v) is 5.02. The van der Waals surface area contributed by atoms with Crippen LogP contribution < -0.4 is 4.90 Å². The van der Waals surface area contributed by atoms with Crippen LogP contribution >= 0.6 is 22.9 Å². The van der Waals surface area contributed by atoms with Crippen molar-refractivity contribution in [1.29, 1.82) is 0 Å². The van der Waals surface area contributed by atoms with Crippen molar-refractivity contribution >= 4 is 50.8 Å². The standard InChI is InChI=1S/C24H24ClFN2O4S/c1-24(2,3)32-23(31)28-10-8-27(9-11-28)15-6-4-14(5-7-15)16-12-18(25)20(26)21-17(16)13-19(33-21)22(29)30/h4-7,12-13H,8-11H2,1-3H3,(H,29,30). The molecule has 0 radical (unpaired) electrons. The zero-order chi connectivity index (χ0) is 23.9. The maximum Gasteiger partial charge on any atom is 0.410 e. The predicted molar refractivity (Wildman–Crippen MR) is 129 cm³/mol. The molecule has 0 bridgehead atoms. The molecular weight excluding hydrogens is 467 g/mol. The summed E-state index contributed by atoms with van der Waals surface area (Å²) in [7, 11) is 0. The summed E-state index contributed by atoms with van der Waals surface area (Å²) in [6.07, 6.45) is -0.300. The van der Waals surface area contributed by atoms with Gasteiger partial charge >= 0.3 is 12.1 Å². The molecule has 33 heavy (non-hydrogen) atoms. The number of aromatic carboxylic acids is 1. The summed E-state index contributed by atoms with van der Waals surface area (Å²) in [6.45, 7) is 8.04. The van der Waals surface area contributed by atoms with Gasteiger partial charge in [0.05, 0.1) is 9.72 Å². The topological polar surface area (TPSA) is 70.1 Å². The van der Waals surface area contributed by atoms with Crippen molar-refractivity contribution in [2.24, 2.45) is 0 Å². The molecule has 4 rings (SSSR count). The summed E-state index contributed by atoms with van der Waals surface area (Å²) in [4.78, 5) is 27.6. The summed E-state index contributed by atoms with van der Waals surface area (Å²) in [6, 6.07) is 10.8. The van der Waals surface area contributed by atoms with E-state index in [2.05, 4.69) is 4.90 Å². The smallest absolute Gasteiger partial charge is 0.410 e. The number of carboxylic acid groups (broad SMARTS) is 1. The van der Waals surface area contributed by atoms with Gasteiger partial charge in [0, 0.05) is 37.3 Å². The van der Waals surface area contributed by atoms with Crippen molar-refractivity contribution in [1.82, 2.24) is 4.90 Å². The van der Waals surface area contributed by atoms with Gasteiger partial charge in [0.2, 0.25) is 0 Å². The molecule has 1 amide bonds. The molecule has 1 fully saturated rings. The molecule has 2 heterocycles. The third kappa shape index (κ3) is 4.91. The minimum absolute atomic E-state index is 0.0429. The summed E-state index contributed by atoms with van der Waals surface area (Å²) >= 11 is 6.97. The number of ether oxygens (including phenoxy) is 1. The number of hydrogen-bond acceptors (Lipinski definition) is 5. The van der Waals surface area contributed by atoms with Gasteiger partial charge in [-0.2, -0.15) is 0 Å². The van der Waals surface area contributed by atoms with Gasteiger partial charge in [-0.1, -0.05) is 23.7 Å².